The van der Waals surface area contributed by atoms with E-state index in [0.717, 1.165) is 0 Å². The van der Waals surface area contributed by atoms with E-state index in [9.17, 15) is 9.59 Å². The van der Waals surface area contributed by atoms with Crippen molar-refractivity contribution in [2.45, 2.75) is 13.3 Å². The molecule has 1 aromatic carbocycles. The van der Waals surface area contributed by atoms with E-state index in [0.29, 0.717) is 22.8 Å². The maximum absolute atomic E-state index is 11.9. The van der Waals surface area contributed by atoms with Crippen molar-refractivity contribution in [3.05, 3.63) is 47.4 Å². The first-order chi connectivity index (χ1) is 9.60. The van der Waals surface area contributed by atoms with Gasteiger partial charge in [0, 0.05) is 11.4 Å². The lowest BCUT2D eigenvalue weighted by Gasteiger charge is -2.11. The highest BCUT2D eigenvalue weighted by atomic mass is 35.5. The van der Waals surface area contributed by atoms with Gasteiger partial charge in [-0.1, -0.05) is 18.5 Å². The van der Waals surface area contributed by atoms with Gasteiger partial charge < -0.3 is 15.1 Å². The molecule has 20 heavy (non-hydrogen) atoms. The molecule has 0 atom stereocenters. The summed E-state index contributed by atoms with van der Waals surface area (Å²) < 4.78 is 5.01. The molecule has 2 N–H and O–H groups in total. The zero-order valence-electron chi connectivity index (χ0n) is 10.8. The summed E-state index contributed by atoms with van der Waals surface area (Å²) in [7, 11) is 0. The number of halogens is 1. The lowest BCUT2D eigenvalue weighted by atomic mass is 10.2. The molecule has 2 aromatic rings. The Labute approximate surface area is 120 Å². The fourth-order valence-corrected chi connectivity index (χ4v) is 1.73. The summed E-state index contributed by atoms with van der Waals surface area (Å²) in [5.41, 5.74) is 0.904. The summed E-state index contributed by atoms with van der Waals surface area (Å²) in [6.45, 7) is 1.74. The third-order valence-electron chi connectivity index (χ3n) is 2.57. The summed E-state index contributed by atoms with van der Waals surface area (Å²) in [5, 5.41) is 5.81. The lowest BCUT2D eigenvalue weighted by molar-refractivity contribution is -0.115. The predicted molar refractivity (Wildman–Crippen MR) is 77.0 cm³/mol. The first-order valence-corrected chi connectivity index (χ1v) is 6.42. The second kappa shape index (κ2) is 6.25. The Morgan fingerprint density at radius 1 is 1.20 bits per heavy atom. The van der Waals surface area contributed by atoms with Crippen LogP contribution >= 0.6 is 11.6 Å². The van der Waals surface area contributed by atoms with Gasteiger partial charge in [-0.05, 0) is 30.3 Å². The molecule has 0 aliphatic carbocycles. The quantitative estimate of drug-likeness (QED) is 0.905. The SMILES string of the molecule is CCC(=O)Nc1cc(Cl)ccc1NC(=O)c1ccco1. The molecule has 0 bridgehead atoms. The van der Waals surface area contributed by atoms with Crippen molar-refractivity contribution in [2.24, 2.45) is 0 Å². The molecule has 0 saturated heterocycles. The van der Waals surface area contributed by atoms with Crippen molar-refractivity contribution < 1.29 is 14.0 Å². The van der Waals surface area contributed by atoms with Gasteiger partial charge in [-0.3, -0.25) is 9.59 Å². The van der Waals surface area contributed by atoms with Crippen molar-refractivity contribution in [3.8, 4) is 0 Å². The molecule has 1 heterocycles. The van der Waals surface area contributed by atoms with Gasteiger partial charge in [0.1, 0.15) is 0 Å². The number of carbonyl (C=O) groups excluding carboxylic acids is 2. The smallest absolute Gasteiger partial charge is 0.291 e. The van der Waals surface area contributed by atoms with Gasteiger partial charge in [0.05, 0.1) is 17.6 Å². The maximum atomic E-state index is 11.9. The Kier molecular flexibility index (Phi) is 4.42. The summed E-state index contributed by atoms with van der Waals surface area (Å²) in [4.78, 5) is 23.4. The molecule has 0 unspecified atom stereocenters. The Hall–Kier alpha value is -2.27. The Morgan fingerprint density at radius 3 is 2.65 bits per heavy atom. The second-order valence-electron chi connectivity index (χ2n) is 4.02. The standard InChI is InChI=1S/C14H13ClN2O3/c1-2-13(18)16-11-8-9(15)5-6-10(11)17-14(19)12-4-3-7-20-12/h3-8H,2H2,1H3,(H,16,18)(H,17,19). The third-order valence-corrected chi connectivity index (χ3v) is 2.81. The minimum Gasteiger partial charge on any atom is -0.459 e. The van der Waals surface area contributed by atoms with Crippen LogP contribution in [0.1, 0.15) is 23.9 Å². The van der Waals surface area contributed by atoms with Crippen LogP contribution in [-0.2, 0) is 4.79 Å². The zero-order valence-corrected chi connectivity index (χ0v) is 11.5. The number of nitrogens with one attached hydrogen (secondary N) is 2. The van der Waals surface area contributed by atoms with E-state index in [-0.39, 0.29) is 11.7 Å². The van der Waals surface area contributed by atoms with Crippen LogP contribution in [0.3, 0.4) is 0 Å². The highest BCUT2D eigenvalue weighted by Crippen LogP contribution is 2.26. The predicted octanol–water partition coefficient (Wildman–Crippen LogP) is 3.53. The molecule has 6 heteroatoms. The highest BCUT2D eigenvalue weighted by Gasteiger charge is 2.12. The summed E-state index contributed by atoms with van der Waals surface area (Å²) >= 11 is 5.90. The van der Waals surface area contributed by atoms with Crippen LogP contribution in [0.4, 0.5) is 11.4 Å². The van der Waals surface area contributed by atoms with Crippen molar-refractivity contribution >= 4 is 34.8 Å². The number of hydrogen-bond acceptors (Lipinski definition) is 3. The monoisotopic (exact) mass is 292 g/mol. The van der Waals surface area contributed by atoms with Gasteiger partial charge in [0.15, 0.2) is 5.76 Å². The molecule has 2 amide bonds. The molecule has 0 aliphatic rings. The molecule has 2 rings (SSSR count). The van der Waals surface area contributed by atoms with Gasteiger partial charge >= 0.3 is 0 Å². The lowest BCUT2D eigenvalue weighted by Crippen LogP contribution is -2.15. The van der Waals surface area contributed by atoms with E-state index in [1.807, 2.05) is 0 Å². The molecule has 0 spiro atoms. The van der Waals surface area contributed by atoms with Crippen LogP contribution in [0.25, 0.3) is 0 Å². The fourth-order valence-electron chi connectivity index (χ4n) is 1.56. The van der Waals surface area contributed by atoms with Crippen LogP contribution in [0.15, 0.2) is 41.0 Å². The summed E-state index contributed by atoms with van der Waals surface area (Å²) in [6.07, 6.45) is 1.74. The molecular weight excluding hydrogens is 280 g/mol. The Bertz CT molecular complexity index is 623. The van der Waals surface area contributed by atoms with Crippen LogP contribution in [-0.4, -0.2) is 11.8 Å². The summed E-state index contributed by atoms with van der Waals surface area (Å²) in [6, 6.07) is 7.99. The molecule has 1 aromatic heterocycles. The largest absolute Gasteiger partial charge is 0.459 e. The van der Waals surface area contributed by atoms with Crippen molar-refractivity contribution in [3.63, 3.8) is 0 Å². The Balaban J connectivity index is 2.22. The molecule has 0 saturated carbocycles. The van der Waals surface area contributed by atoms with Gasteiger partial charge in [-0.2, -0.15) is 0 Å². The first kappa shape index (κ1) is 14.1. The van der Waals surface area contributed by atoms with Crippen LogP contribution in [0.2, 0.25) is 5.02 Å². The molecule has 0 radical (unpaired) electrons. The number of carbonyl (C=O) groups is 2. The second-order valence-corrected chi connectivity index (χ2v) is 4.46. The molecule has 0 fully saturated rings. The molecule has 0 aliphatic heterocycles. The number of furan rings is 1. The van der Waals surface area contributed by atoms with E-state index in [4.69, 9.17) is 16.0 Å². The number of amides is 2. The molecule has 5 nitrogen and oxygen atoms in total. The topological polar surface area (TPSA) is 71.3 Å². The Morgan fingerprint density at radius 2 is 2.00 bits per heavy atom. The van der Waals surface area contributed by atoms with Gasteiger partial charge in [0.2, 0.25) is 5.91 Å². The van der Waals surface area contributed by atoms with Gasteiger partial charge in [-0.25, -0.2) is 0 Å². The molecular formula is C14H13ClN2O3. The molecule has 104 valence electrons. The van der Waals surface area contributed by atoms with Crippen molar-refractivity contribution in [1.82, 2.24) is 0 Å². The van der Waals surface area contributed by atoms with Gasteiger partial charge in [0.25, 0.3) is 5.91 Å². The number of benzene rings is 1. The fraction of sp³-hybridized carbons (Fsp3) is 0.143. The van der Waals surface area contributed by atoms with E-state index < -0.39 is 5.91 Å². The number of rotatable bonds is 4. The van der Waals surface area contributed by atoms with Crippen LogP contribution in [0.5, 0.6) is 0 Å². The number of anilines is 2. The first-order valence-electron chi connectivity index (χ1n) is 6.04. The van der Waals surface area contributed by atoms with Crippen LogP contribution in [0, 0.1) is 0 Å². The average molecular weight is 293 g/mol. The van der Waals surface area contributed by atoms with Crippen LogP contribution < -0.4 is 10.6 Å². The maximum Gasteiger partial charge on any atom is 0.291 e. The van der Waals surface area contributed by atoms with Crippen molar-refractivity contribution in [1.29, 1.82) is 0 Å². The van der Waals surface area contributed by atoms with Gasteiger partial charge in [-0.15, -0.1) is 0 Å². The van der Waals surface area contributed by atoms with E-state index >= 15 is 0 Å². The average Bonchev–Trinajstić information content (AvgIpc) is 2.95. The third kappa shape index (κ3) is 3.39. The minimum atomic E-state index is -0.399. The normalized spacial score (nSPS) is 10.1. The van der Waals surface area contributed by atoms with E-state index in [1.54, 1.807) is 37.3 Å². The minimum absolute atomic E-state index is 0.166. The zero-order chi connectivity index (χ0) is 14.5. The highest BCUT2D eigenvalue weighted by molar-refractivity contribution is 6.31. The number of hydrogen-bond donors (Lipinski definition) is 2. The summed E-state index contributed by atoms with van der Waals surface area (Å²) in [5.74, 6) is -0.377. The van der Waals surface area contributed by atoms with Crippen molar-refractivity contribution in [2.75, 3.05) is 10.6 Å². The van der Waals surface area contributed by atoms with E-state index in [1.165, 1.54) is 6.26 Å². The van der Waals surface area contributed by atoms with E-state index in [2.05, 4.69) is 10.6 Å².